The predicted molar refractivity (Wildman–Crippen MR) is 66.8 cm³/mol. The van der Waals surface area contributed by atoms with Crippen LogP contribution in [0.15, 0.2) is 0 Å². The Balaban J connectivity index is 4.45. The molecule has 3 atom stereocenters. The Labute approximate surface area is 108 Å². The Hall–Kier alpha value is -1.77. The lowest BCUT2D eigenvalue weighted by Gasteiger charge is -2.26. The maximum absolute atomic E-state index is 11.9. The zero-order valence-electron chi connectivity index (χ0n) is 11.3. The van der Waals surface area contributed by atoms with Gasteiger partial charge in [-0.05, 0) is 27.7 Å². The summed E-state index contributed by atoms with van der Waals surface area (Å²) < 4.78 is 0. The van der Waals surface area contributed by atoms with Gasteiger partial charge in [0.1, 0.15) is 0 Å². The largest absolute Gasteiger partial charge is 0.481 e. The van der Waals surface area contributed by atoms with E-state index in [1.54, 1.807) is 20.8 Å². The SMILES string of the molecule is CCN(CC(C)C#N)C(=O)NC(C)C(C)C(=O)O. The number of nitrogens with one attached hydrogen (secondary N) is 1. The molecule has 2 amide bonds. The number of nitriles is 1. The smallest absolute Gasteiger partial charge is 0.317 e. The molecule has 0 fully saturated rings. The van der Waals surface area contributed by atoms with E-state index in [4.69, 9.17) is 10.4 Å². The molecule has 6 heteroatoms. The molecule has 0 radical (unpaired) electrons. The molecule has 3 unspecified atom stereocenters. The summed E-state index contributed by atoms with van der Waals surface area (Å²) >= 11 is 0. The van der Waals surface area contributed by atoms with Gasteiger partial charge in [0.15, 0.2) is 0 Å². The van der Waals surface area contributed by atoms with E-state index in [9.17, 15) is 9.59 Å². The maximum atomic E-state index is 11.9. The first-order valence-corrected chi connectivity index (χ1v) is 6.01. The van der Waals surface area contributed by atoms with Gasteiger partial charge in [0.05, 0.1) is 17.9 Å². The molecule has 0 rings (SSSR count). The number of aliphatic carboxylic acids is 1. The highest BCUT2D eigenvalue weighted by Crippen LogP contribution is 2.05. The summed E-state index contributed by atoms with van der Waals surface area (Å²) in [6.07, 6.45) is 0. The van der Waals surface area contributed by atoms with Crippen LogP contribution in [0.25, 0.3) is 0 Å². The molecule has 0 aromatic carbocycles. The van der Waals surface area contributed by atoms with Gasteiger partial charge in [0.2, 0.25) is 0 Å². The molecule has 102 valence electrons. The van der Waals surface area contributed by atoms with E-state index >= 15 is 0 Å². The Morgan fingerprint density at radius 1 is 1.39 bits per heavy atom. The predicted octanol–water partition coefficient (Wildman–Crippen LogP) is 1.29. The van der Waals surface area contributed by atoms with Crippen LogP contribution >= 0.6 is 0 Å². The van der Waals surface area contributed by atoms with Crippen molar-refractivity contribution < 1.29 is 14.7 Å². The minimum Gasteiger partial charge on any atom is -0.481 e. The molecule has 18 heavy (non-hydrogen) atoms. The van der Waals surface area contributed by atoms with Crippen LogP contribution in [-0.4, -0.2) is 41.1 Å². The first-order valence-electron chi connectivity index (χ1n) is 6.01. The quantitative estimate of drug-likeness (QED) is 0.747. The first-order chi connectivity index (χ1) is 8.33. The van der Waals surface area contributed by atoms with E-state index in [0.29, 0.717) is 13.1 Å². The number of carboxylic acids is 1. The second-order valence-electron chi connectivity index (χ2n) is 4.43. The second kappa shape index (κ2) is 7.54. The van der Waals surface area contributed by atoms with Crippen molar-refractivity contribution in [3.05, 3.63) is 0 Å². The van der Waals surface area contributed by atoms with Crippen molar-refractivity contribution in [2.45, 2.75) is 33.7 Å². The zero-order valence-corrected chi connectivity index (χ0v) is 11.3. The fraction of sp³-hybridized carbons (Fsp3) is 0.750. The van der Waals surface area contributed by atoms with Crippen LogP contribution in [0.5, 0.6) is 0 Å². The van der Waals surface area contributed by atoms with Gasteiger partial charge in [-0.2, -0.15) is 5.26 Å². The van der Waals surface area contributed by atoms with Crippen LogP contribution in [0.4, 0.5) is 4.79 Å². The van der Waals surface area contributed by atoms with Crippen molar-refractivity contribution in [1.29, 1.82) is 5.26 Å². The lowest BCUT2D eigenvalue weighted by atomic mass is 10.0. The number of hydrogen-bond donors (Lipinski definition) is 2. The number of carbonyl (C=O) groups is 2. The highest BCUT2D eigenvalue weighted by atomic mass is 16.4. The Morgan fingerprint density at radius 2 is 1.94 bits per heavy atom. The number of nitrogens with zero attached hydrogens (tertiary/aromatic N) is 2. The standard InChI is InChI=1S/C12H21N3O3/c1-5-15(7-8(2)6-13)12(18)14-10(4)9(3)11(16)17/h8-10H,5,7H2,1-4H3,(H,14,18)(H,16,17). The van der Waals surface area contributed by atoms with E-state index in [-0.39, 0.29) is 11.9 Å². The maximum Gasteiger partial charge on any atom is 0.317 e. The number of hydrogen-bond acceptors (Lipinski definition) is 3. The van der Waals surface area contributed by atoms with Gasteiger partial charge in [-0.3, -0.25) is 4.79 Å². The van der Waals surface area contributed by atoms with E-state index in [0.717, 1.165) is 0 Å². The minimum absolute atomic E-state index is 0.247. The highest BCUT2D eigenvalue weighted by molar-refractivity contribution is 5.76. The molecule has 0 spiro atoms. The number of amides is 2. The first kappa shape index (κ1) is 16.2. The molecule has 0 aliphatic rings. The van der Waals surface area contributed by atoms with Gasteiger partial charge in [-0.25, -0.2) is 4.79 Å². The summed E-state index contributed by atoms with van der Waals surface area (Å²) in [7, 11) is 0. The molecule has 0 aromatic rings. The van der Waals surface area contributed by atoms with Crippen molar-refractivity contribution >= 4 is 12.0 Å². The van der Waals surface area contributed by atoms with Gasteiger partial charge >= 0.3 is 12.0 Å². The molecule has 0 saturated carbocycles. The monoisotopic (exact) mass is 255 g/mol. The average molecular weight is 255 g/mol. The molecule has 2 N–H and O–H groups in total. The molecule has 0 aromatic heterocycles. The average Bonchev–Trinajstić information content (AvgIpc) is 2.33. The molecule has 6 nitrogen and oxygen atoms in total. The molecule has 0 bridgehead atoms. The van der Waals surface area contributed by atoms with Crippen LogP contribution in [0.1, 0.15) is 27.7 Å². The fourth-order valence-corrected chi connectivity index (χ4v) is 1.35. The molecular formula is C12H21N3O3. The van der Waals surface area contributed by atoms with Gasteiger partial charge < -0.3 is 15.3 Å². The van der Waals surface area contributed by atoms with Crippen molar-refractivity contribution in [2.24, 2.45) is 11.8 Å². The Morgan fingerprint density at radius 3 is 2.33 bits per heavy atom. The Kier molecular flexibility index (Phi) is 6.79. The van der Waals surface area contributed by atoms with Crippen LogP contribution in [0, 0.1) is 23.2 Å². The molecule has 0 saturated heterocycles. The third-order valence-corrected chi connectivity index (χ3v) is 2.87. The number of carboxylic acid groups (broad SMARTS) is 1. The van der Waals surface area contributed by atoms with Gasteiger partial charge in [0, 0.05) is 19.1 Å². The third kappa shape index (κ3) is 5.04. The van der Waals surface area contributed by atoms with Crippen molar-refractivity contribution in [3.8, 4) is 6.07 Å². The Bertz CT molecular complexity index is 338. The van der Waals surface area contributed by atoms with Crippen LogP contribution in [0.3, 0.4) is 0 Å². The van der Waals surface area contributed by atoms with E-state index in [1.165, 1.54) is 4.90 Å². The van der Waals surface area contributed by atoms with Crippen molar-refractivity contribution in [2.75, 3.05) is 13.1 Å². The number of carbonyl (C=O) groups excluding carboxylic acids is 1. The van der Waals surface area contributed by atoms with E-state index in [1.807, 2.05) is 6.92 Å². The molecule has 0 aliphatic heterocycles. The highest BCUT2D eigenvalue weighted by Gasteiger charge is 2.23. The third-order valence-electron chi connectivity index (χ3n) is 2.87. The summed E-state index contributed by atoms with van der Waals surface area (Å²) in [4.78, 5) is 24.2. The van der Waals surface area contributed by atoms with E-state index in [2.05, 4.69) is 11.4 Å². The summed E-state index contributed by atoms with van der Waals surface area (Å²) in [5, 5.41) is 20.2. The van der Waals surface area contributed by atoms with Crippen molar-refractivity contribution in [3.63, 3.8) is 0 Å². The van der Waals surface area contributed by atoms with Gasteiger partial charge in [0.25, 0.3) is 0 Å². The lowest BCUT2D eigenvalue weighted by molar-refractivity contribution is -0.141. The van der Waals surface area contributed by atoms with E-state index < -0.39 is 17.9 Å². The lowest BCUT2D eigenvalue weighted by Crippen LogP contribution is -2.48. The van der Waals surface area contributed by atoms with Crippen LogP contribution < -0.4 is 5.32 Å². The second-order valence-corrected chi connectivity index (χ2v) is 4.43. The topological polar surface area (TPSA) is 93.4 Å². The normalized spacial score (nSPS) is 15.1. The molecule has 0 heterocycles. The van der Waals surface area contributed by atoms with Crippen LogP contribution in [0.2, 0.25) is 0 Å². The van der Waals surface area contributed by atoms with Gasteiger partial charge in [-0.15, -0.1) is 0 Å². The summed E-state index contributed by atoms with van der Waals surface area (Å²) in [6.45, 7) is 7.56. The van der Waals surface area contributed by atoms with Gasteiger partial charge in [-0.1, -0.05) is 0 Å². The number of rotatable bonds is 6. The zero-order chi connectivity index (χ0) is 14.3. The van der Waals surface area contributed by atoms with Crippen LogP contribution in [-0.2, 0) is 4.79 Å². The minimum atomic E-state index is -0.948. The fourth-order valence-electron chi connectivity index (χ4n) is 1.35. The molecular weight excluding hydrogens is 234 g/mol. The van der Waals surface area contributed by atoms with Crippen molar-refractivity contribution in [1.82, 2.24) is 10.2 Å². The molecule has 0 aliphatic carbocycles. The summed E-state index contributed by atoms with van der Waals surface area (Å²) in [6, 6.07) is 1.27. The summed E-state index contributed by atoms with van der Waals surface area (Å²) in [5.74, 6) is -1.85. The summed E-state index contributed by atoms with van der Waals surface area (Å²) in [5.41, 5.74) is 0. The number of urea groups is 1.